The van der Waals surface area contributed by atoms with E-state index in [1.54, 1.807) is 18.2 Å². The first-order valence-corrected chi connectivity index (χ1v) is 6.35. The lowest BCUT2D eigenvalue weighted by molar-refractivity contribution is -0.385. The Morgan fingerprint density at radius 2 is 2.09 bits per heavy atom. The normalized spacial score (nSPS) is 10.6. The molecule has 7 heteroatoms. The number of rotatable bonds is 4. The van der Waals surface area contributed by atoms with Crippen LogP contribution in [0.4, 0.5) is 5.69 Å². The lowest BCUT2D eigenvalue weighted by Crippen LogP contribution is -2.17. The van der Waals surface area contributed by atoms with Crippen molar-refractivity contribution in [2.45, 2.75) is 6.92 Å². The van der Waals surface area contributed by atoms with Gasteiger partial charge in [0.15, 0.2) is 5.75 Å². The molecule has 0 bridgehead atoms. The number of hydrogen-bond acceptors (Lipinski definition) is 5. The van der Waals surface area contributed by atoms with Crippen molar-refractivity contribution < 1.29 is 14.8 Å². The predicted octanol–water partition coefficient (Wildman–Crippen LogP) is 2.37. The quantitative estimate of drug-likeness (QED) is 0.513. The number of hydrogen-bond donors (Lipinski definition) is 2. The van der Waals surface area contributed by atoms with Crippen LogP contribution < -0.4 is 5.43 Å². The van der Waals surface area contributed by atoms with E-state index >= 15 is 0 Å². The summed E-state index contributed by atoms with van der Waals surface area (Å²) >= 11 is 0. The van der Waals surface area contributed by atoms with Crippen LogP contribution in [-0.4, -0.2) is 22.2 Å². The van der Waals surface area contributed by atoms with Crippen molar-refractivity contribution in [3.63, 3.8) is 0 Å². The molecule has 0 fully saturated rings. The van der Waals surface area contributed by atoms with Crippen molar-refractivity contribution in [2.75, 3.05) is 0 Å². The van der Waals surface area contributed by atoms with Gasteiger partial charge in [0, 0.05) is 17.2 Å². The average molecular weight is 299 g/mol. The largest absolute Gasteiger partial charge is 0.502 e. The van der Waals surface area contributed by atoms with Crippen LogP contribution in [-0.2, 0) is 0 Å². The molecule has 22 heavy (non-hydrogen) atoms. The molecule has 7 nitrogen and oxygen atoms in total. The molecular weight excluding hydrogens is 286 g/mol. The third kappa shape index (κ3) is 3.66. The molecule has 1 amide bonds. The smallest absolute Gasteiger partial charge is 0.311 e. The molecule has 0 aliphatic rings. The van der Waals surface area contributed by atoms with Gasteiger partial charge in [-0.05, 0) is 31.2 Å². The Kier molecular flexibility index (Phi) is 4.47. The van der Waals surface area contributed by atoms with E-state index in [-0.39, 0.29) is 5.91 Å². The number of carbonyl (C=O) groups is 1. The number of nitro groups is 1. The third-order valence-electron chi connectivity index (χ3n) is 2.86. The molecule has 0 atom stereocenters. The average Bonchev–Trinajstić information content (AvgIpc) is 2.48. The molecule has 0 aromatic heterocycles. The van der Waals surface area contributed by atoms with Gasteiger partial charge in [-0.25, -0.2) is 5.43 Å². The van der Waals surface area contributed by atoms with Crippen LogP contribution >= 0.6 is 0 Å². The number of phenols is 1. The number of nitrogens with one attached hydrogen (secondary N) is 1. The summed E-state index contributed by atoms with van der Waals surface area (Å²) < 4.78 is 0. The summed E-state index contributed by atoms with van der Waals surface area (Å²) in [6.07, 6.45) is 1.26. The number of hydrazone groups is 1. The molecule has 0 aliphatic heterocycles. The minimum absolute atomic E-state index is 0.381. The standard InChI is InChI=1S/C15H13N3O4/c1-10-3-2-4-12(7-10)15(20)17-16-9-11-5-6-14(19)13(8-11)18(21)22/h2-9,19H,1H3,(H,17,20)/b16-9-. The van der Waals surface area contributed by atoms with Crippen molar-refractivity contribution in [1.29, 1.82) is 0 Å². The monoisotopic (exact) mass is 299 g/mol. The van der Waals surface area contributed by atoms with Crippen LogP contribution in [0.25, 0.3) is 0 Å². The highest BCUT2D eigenvalue weighted by Gasteiger charge is 2.12. The summed E-state index contributed by atoms with van der Waals surface area (Å²) in [5, 5.41) is 23.8. The van der Waals surface area contributed by atoms with Gasteiger partial charge >= 0.3 is 5.69 Å². The van der Waals surface area contributed by atoms with E-state index in [9.17, 15) is 20.0 Å². The number of phenolic OH excluding ortho intramolecular Hbond substituents is 1. The van der Waals surface area contributed by atoms with Crippen molar-refractivity contribution in [3.8, 4) is 5.75 Å². The van der Waals surface area contributed by atoms with Gasteiger partial charge in [0.05, 0.1) is 11.1 Å². The first-order valence-electron chi connectivity index (χ1n) is 6.35. The van der Waals surface area contributed by atoms with Gasteiger partial charge in [0.25, 0.3) is 5.91 Å². The lowest BCUT2D eigenvalue weighted by Gasteiger charge is -2.01. The SMILES string of the molecule is Cc1cccc(C(=O)N/N=C\c2ccc(O)c([N+](=O)[O-])c2)c1. The molecule has 0 saturated carbocycles. The summed E-state index contributed by atoms with van der Waals surface area (Å²) in [4.78, 5) is 21.9. The molecule has 2 rings (SSSR count). The zero-order chi connectivity index (χ0) is 16.1. The minimum Gasteiger partial charge on any atom is -0.502 e. The second-order valence-corrected chi connectivity index (χ2v) is 4.57. The number of aromatic hydroxyl groups is 1. The Bertz CT molecular complexity index is 756. The van der Waals surface area contributed by atoms with Gasteiger partial charge in [-0.15, -0.1) is 0 Å². The minimum atomic E-state index is -0.696. The lowest BCUT2D eigenvalue weighted by atomic mass is 10.1. The van der Waals surface area contributed by atoms with E-state index in [1.165, 1.54) is 18.3 Å². The van der Waals surface area contributed by atoms with Crippen LogP contribution in [0.3, 0.4) is 0 Å². The molecule has 0 saturated heterocycles. The van der Waals surface area contributed by atoms with E-state index in [2.05, 4.69) is 10.5 Å². The summed E-state index contributed by atoms with van der Waals surface area (Å²) in [5.74, 6) is -0.806. The van der Waals surface area contributed by atoms with E-state index in [1.807, 2.05) is 13.0 Å². The maximum Gasteiger partial charge on any atom is 0.311 e. The molecule has 112 valence electrons. The van der Waals surface area contributed by atoms with Crippen molar-refractivity contribution in [2.24, 2.45) is 5.10 Å². The predicted molar refractivity (Wildman–Crippen MR) is 81.0 cm³/mol. The summed E-state index contributed by atoms with van der Waals surface area (Å²) in [6.45, 7) is 1.87. The second-order valence-electron chi connectivity index (χ2n) is 4.57. The van der Waals surface area contributed by atoms with Gasteiger partial charge in [-0.3, -0.25) is 14.9 Å². The zero-order valence-corrected chi connectivity index (χ0v) is 11.7. The van der Waals surface area contributed by atoms with Gasteiger partial charge in [-0.1, -0.05) is 17.7 Å². The maximum absolute atomic E-state index is 11.8. The molecule has 2 N–H and O–H groups in total. The molecule has 0 aliphatic carbocycles. The number of nitro benzene ring substituents is 1. The first kappa shape index (κ1) is 15.2. The molecule has 0 heterocycles. The van der Waals surface area contributed by atoms with Crippen LogP contribution in [0.5, 0.6) is 5.75 Å². The Hall–Kier alpha value is -3.22. The highest BCUT2D eigenvalue weighted by molar-refractivity contribution is 5.95. The molecule has 0 radical (unpaired) electrons. The number of amides is 1. The zero-order valence-electron chi connectivity index (χ0n) is 11.7. The summed E-state index contributed by atoms with van der Waals surface area (Å²) in [5.41, 5.74) is 3.71. The second kappa shape index (κ2) is 6.49. The molecular formula is C15H13N3O4. The molecule has 2 aromatic rings. The van der Waals surface area contributed by atoms with E-state index < -0.39 is 16.4 Å². The summed E-state index contributed by atoms with van der Waals surface area (Å²) in [6, 6.07) is 10.8. The van der Waals surface area contributed by atoms with Gasteiger partial charge in [-0.2, -0.15) is 5.10 Å². The molecule has 0 spiro atoms. The Labute approximate surface area is 126 Å². The highest BCUT2D eigenvalue weighted by Crippen LogP contribution is 2.25. The van der Waals surface area contributed by atoms with Crippen LogP contribution in [0.15, 0.2) is 47.6 Å². The molecule has 0 unspecified atom stereocenters. The van der Waals surface area contributed by atoms with Gasteiger partial charge in [0.2, 0.25) is 0 Å². The van der Waals surface area contributed by atoms with E-state index in [0.717, 1.165) is 11.6 Å². The van der Waals surface area contributed by atoms with Crippen LogP contribution in [0.1, 0.15) is 21.5 Å². The molecule has 2 aromatic carbocycles. The first-order chi connectivity index (χ1) is 10.5. The van der Waals surface area contributed by atoms with E-state index in [0.29, 0.717) is 11.1 Å². The topological polar surface area (TPSA) is 105 Å². The number of aryl methyl sites for hydroxylation is 1. The highest BCUT2D eigenvalue weighted by atomic mass is 16.6. The fraction of sp³-hybridized carbons (Fsp3) is 0.0667. The van der Waals surface area contributed by atoms with Crippen molar-refractivity contribution in [1.82, 2.24) is 5.43 Å². The van der Waals surface area contributed by atoms with Crippen LogP contribution in [0.2, 0.25) is 0 Å². The van der Waals surface area contributed by atoms with Crippen LogP contribution in [0, 0.1) is 17.0 Å². The Balaban J connectivity index is 2.08. The summed E-state index contributed by atoms with van der Waals surface area (Å²) in [7, 11) is 0. The maximum atomic E-state index is 11.8. The number of carbonyl (C=O) groups excluding carboxylic acids is 1. The van der Waals surface area contributed by atoms with E-state index in [4.69, 9.17) is 0 Å². The van der Waals surface area contributed by atoms with Gasteiger partial charge in [0.1, 0.15) is 0 Å². The van der Waals surface area contributed by atoms with Gasteiger partial charge < -0.3 is 5.11 Å². The van der Waals surface area contributed by atoms with Crippen molar-refractivity contribution in [3.05, 3.63) is 69.3 Å². The Morgan fingerprint density at radius 3 is 2.77 bits per heavy atom. The fourth-order valence-electron chi connectivity index (χ4n) is 1.78. The number of nitrogens with zero attached hydrogens (tertiary/aromatic N) is 2. The third-order valence-corrected chi connectivity index (χ3v) is 2.86. The number of benzene rings is 2. The van der Waals surface area contributed by atoms with Crippen molar-refractivity contribution >= 4 is 17.8 Å². The fourth-order valence-corrected chi connectivity index (χ4v) is 1.78. The Morgan fingerprint density at radius 1 is 1.32 bits per heavy atom.